The van der Waals surface area contributed by atoms with Crippen molar-refractivity contribution >= 4 is 21.8 Å². The summed E-state index contributed by atoms with van der Waals surface area (Å²) in [5, 5.41) is 0. The van der Waals surface area contributed by atoms with Crippen LogP contribution in [0.15, 0.2) is 42.6 Å². The first-order chi connectivity index (χ1) is 12.0. The Labute approximate surface area is 145 Å². The SMILES string of the molecule is O=C1c2ccccc2C(=O)N1CCS(=O)(=O)N1CCn2cccc2C1. The van der Waals surface area contributed by atoms with E-state index < -0.39 is 21.8 Å². The average molecular weight is 359 g/mol. The molecule has 0 spiro atoms. The van der Waals surface area contributed by atoms with Gasteiger partial charge < -0.3 is 4.57 Å². The van der Waals surface area contributed by atoms with Gasteiger partial charge in [-0.15, -0.1) is 0 Å². The fourth-order valence-electron chi connectivity index (χ4n) is 3.31. The van der Waals surface area contributed by atoms with E-state index in [1.165, 1.54) is 4.31 Å². The molecule has 0 bridgehead atoms. The molecule has 25 heavy (non-hydrogen) atoms. The number of rotatable bonds is 4. The van der Waals surface area contributed by atoms with Gasteiger partial charge in [-0.3, -0.25) is 14.5 Å². The molecule has 1 aromatic carbocycles. The molecule has 1 aromatic heterocycles. The van der Waals surface area contributed by atoms with E-state index in [9.17, 15) is 18.0 Å². The van der Waals surface area contributed by atoms with Crippen LogP contribution >= 0.6 is 0 Å². The maximum Gasteiger partial charge on any atom is 0.261 e. The van der Waals surface area contributed by atoms with Crippen molar-refractivity contribution in [3.8, 4) is 0 Å². The van der Waals surface area contributed by atoms with E-state index in [0.29, 0.717) is 30.8 Å². The molecular weight excluding hydrogens is 342 g/mol. The lowest BCUT2D eigenvalue weighted by atomic mass is 10.1. The summed E-state index contributed by atoms with van der Waals surface area (Å²) in [6.07, 6.45) is 1.93. The van der Waals surface area contributed by atoms with Crippen molar-refractivity contribution in [1.82, 2.24) is 13.8 Å². The predicted octanol–water partition coefficient (Wildman–Crippen LogP) is 0.930. The van der Waals surface area contributed by atoms with Crippen LogP contribution in [-0.4, -0.2) is 52.8 Å². The number of aromatic nitrogens is 1. The van der Waals surface area contributed by atoms with Gasteiger partial charge in [0.05, 0.1) is 23.4 Å². The van der Waals surface area contributed by atoms with Crippen molar-refractivity contribution in [3.63, 3.8) is 0 Å². The first kappa shape index (κ1) is 16.0. The zero-order valence-corrected chi connectivity index (χ0v) is 14.3. The lowest BCUT2D eigenvalue weighted by molar-refractivity contribution is 0.0663. The standard InChI is InChI=1S/C17H17N3O4S/c21-16-14-5-1-2-6-15(14)17(22)20(16)10-11-25(23,24)19-9-8-18-7-3-4-13(18)12-19/h1-7H,8-12H2. The number of amides is 2. The van der Waals surface area contributed by atoms with Gasteiger partial charge in [0.2, 0.25) is 10.0 Å². The first-order valence-corrected chi connectivity index (χ1v) is 9.65. The number of imide groups is 1. The second-order valence-electron chi connectivity index (χ2n) is 6.15. The van der Waals surface area contributed by atoms with Crippen LogP contribution in [-0.2, 0) is 23.1 Å². The van der Waals surface area contributed by atoms with E-state index in [4.69, 9.17) is 0 Å². The third-order valence-corrected chi connectivity index (χ3v) is 6.49. The van der Waals surface area contributed by atoms with Gasteiger partial charge in [-0.1, -0.05) is 12.1 Å². The van der Waals surface area contributed by atoms with Gasteiger partial charge >= 0.3 is 0 Å². The number of benzene rings is 1. The molecule has 2 amide bonds. The smallest absolute Gasteiger partial charge is 0.261 e. The molecule has 8 heteroatoms. The van der Waals surface area contributed by atoms with E-state index >= 15 is 0 Å². The quantitative estimate of drug-likeness (QED) is 0.761. The molecule has 7 nitrogen and oxygen atoms in total. The maximum atomic E-state index is 12.6. The lowest BCUT2D eigenvalue weighted by Gasteiger charge is -2.28. The molecule has 0 unspecified atom stereocenters. The second kappa shape index (κ2) is 5.82. The van der Waals surface area contributed by atoms with Crippen LogP contribution in [0, 0.1) is 0 Å². The summed E-state index contributed by atoms with van der Waals surface area (Å²) in [6, 6.07) is 10.3. The Morgan fingerprint density at radius 2 is 1.60 bits per heavy atom. The van der Waals surface area contributed by atoms with Crippen LogP contribution in [0.2, 0.25) is 0 Å². The molecule has 0 saturated carbocycles. The molecule has 0 atom stereocenters. The lowest BCUT2D eigenvalue weighted by Crippen LogP contribution is -2.42. The largest absolute Gasteiger partial charge is 0.349 e. The zero-order valence-electron chi connectivity index (χ0n) is 13.5. The third kappa shape index (κ3) is 2.67. The van der Waals surface area contributed by atoms with E-state index in [2.05, 4.69) is 0 Å². The predicted molar refractivity (Wildman–Crippen MR) is 90.4 cm³/mol. The number of carbonyl (C=O) groups excluding carboxylic acids is 2. The van der Waals surface area contributed by atoms with Crippen molar-refractivity contribution in [2.45, 2.75) is 13.1 Å². The van der Waals surface area contributed by atoms with E-state index in [1.807, 2.05) is 22.9 Å². The molecule has 0 saturated heterocycles. The Kier molecular flexibility index (Phi) is 3.73. The van der Waals surface area contributed by atoms with Crippen molar-refractivity contribution in [1.29, 1.82) is 0 Å². The Balaban J connectivity index is 1.47. The number of nitrogens with zero attached hydrogens (tertiary/aromatic N) is 3. The summed E-state index contributed by atoms with van der Waals surface area (Å²) in [4.78, 5) is 25.7. The molecule has 0 N–H and O–H groups in total. The van der Waals surface area contributed by atoms with E-state index in [0.717, 1.165) is 10.6 Å². The van der Waals surface area contributed by atoms with Crippen LogP contribution in [0.5, 0.6) is 0 Å². The highest BCUT2D eigenvalue weighted by molar-refractivity contribution is 7.89. The van der Waals surface area contributed by atoms with Crippen LogP contribution in [0.1, 0.15) is 26.4 Å². The van der Waals surface area contributed by atoms with E-state index in [1.54, 1.807) is 24.3 Å². The summed E-state index contributed by atoms with van der Waals surface area (Å²) in [5.41, 5.74) is 1.61. The summed E-state index contributed by atoms with van der Waals surface area (Å²) < 4.78 is 28.7. The monoisotopic (exact) mass is 359 g/mol. The van der Waals surface area contributed by atoms with Crippen molar-refractivity contribution in [3.05, 3.63) is 59.4 Å². The average Bonchev–Trinajstić information content (AvgIpc) is 3.17. The minimum absolute atomic E-state index is 0.133. The van der Waals surface area contributed by atoms with Gasteiger partial charge in [-0.2, -0.15) is 4.31 Å². The summed E-state index contributed by atoms with van der Waals surface area (Å²) in [7, 11) is -3.55. The van der Waals surface area contributed by atoms with Gasteiger partial charge in [0, 0.05) is 31.5 Å². The molecule has 2 aliphatic rings. The molecule has 2 aromatic rings. The fraction of sp³-hybridized carbons (Fsp3) is 0.294. The Bertz CT molecular complexity index is 929. The van der Waals surface area contributed by atoms with Crippen LogP contribution in [0.3, 0.4) is 0 Å². The summed E-state index contributed by atoms with van der Waals surface area (Å²) >= 11 is 0. The Morgan fingerprint density at radius 1 is 0.920 bits per heavy atom. The fourth-order valence-corrected chi connectivity index (χ4v) is 4.67. The number of sulfonamides is 1. The first-order valence-electron chi connectivity index (χ1n) is 8.04. The third-order valence-electron chi connectivity index (χ3n) is 4.70. The van der Waals surface area contributed by atoms with Gasteiger partial charge in [0.25, 0.3) is 11.8 Å². The molecule has 2 aliphatic heterocycles. The molecule has 0 aliphatic carbocycles. The van der Waals surface area contributed by atoms with Gasteiger partial charge in [-0.05, 0) is 24.3 Å². The highest BCUT2D eigenvalue weighted by Crippen LogP contribution is 2.23. The molecular formula is C17H17N3O4S. The number of carbonyl (C=O) groups is 2. The molecule has 130 valence electrons. The number of hydrogen-bond donors (Lipinski definition) is 0. The van der Waals surface area contributed by atoms with Gasteiger partial charge in [0.15, 0.2) is 0 Å². The highest BCUT2D eigenvalue weighted by Gasteiger charge is 2.36. The molecule has 3 heterocycles. The van der Waals surface area contributed by atoms with Crippen LogP contribution < -0.4 is 0 Å². The minimum Gasteiger partial charge on any atom is -0.349 e. The summed E-state index contributed by atoms with van der Waals surface area (Å²) in [6.45, 7) is 1.18. The minimum atomic E-state index is -3.55. The zero-order chi connectivity index (χ0) is 17.6. The Morgan fingerprint density at radius 3 is 2.28 bits per heavy atom. The van der Waals surface area contributed by atoms with Gasteiger partial charge in [-0.25, -0.2) is 8.42 Å². The summed E-state index contributed by atoms with van der Waals surface area (Å²) in [5.74, 6) is -1.12. The van der Waals surface area contributed by atoms with Crippen LogP contribution in [0.4, 0.5) is 0 Å². The van der Waals surface area contributed by atoms with Crippen molar-refractivity contribution in [2.75, 3.05) is 18.8 Å². The van der Waals surface area contributed by atoms with Crippen LogP contribution in [0.25, 0.3) is 0 Å². The van der Waals surface area contributed by atoms with Gasteiger partial charge in [0.1, 0.15) is 0 Å². The van der Waals surface area contributed by atoms with Crippen molar-refractivity contribution < 1.29 is 18.0 Å². The second-order valence-corrected chi connectivity index (χ2v) is 8.24. The topological polar surface area (TPSA) is 79.7 Å². The number of hydrogen-bond acceptors (Lipinski definition) is 4. The normalized spacial score (nSPS) is 17.7. The molecule has 0 radical (unpaired) electrons. The molecule has 4 rings (SSSR count). The maximum absolute atomic E-state index is 12.6. The Hall–Kier alpha value is -2.45. The van der Waals surface area contributed by atoms with E-state index in [-0.39, 0.29) is 12.3 Å². The number of fused-ring (bicyclic) bond motifs is 2. The molecule has 0 fully saturated rings. The highest BCUT2D eigenvalue weighted by atomic mass is 32.2. The van der Waals surface area contributed by atoms with Crippen molar-refractivity contribution in [2.24, 2.45) is 0 Å².